The number of methoxy groups -OCH3 is 1. The summed E-state index contributed by atoms with van der Waals surface area (Å²) in [5.41, 5.74) is 2.29. The maximum absolute atomic E-state index is 14.0. The summed E-state index contributed by atoms with van der Waals surface area (Å²) in [6.45, 7) is 9.82. The third-order valence-electron chi connectivity index (χ3n) is 5.97. The molecule has 196 valence electrons. The maximum atomic E-state index is 14.0. The summed E-state index contributed by atoms with van der Waals surface area (Å²) in [5.74, 6) is 0.411. The Bertz CT molecular complexity index is 1210. The zero-order valence-electron chi connectivity index (χ0n) is 21.8. The topological polar surface area (TPSA) is 123 Å². The summed E-state index contributed by atoms with van der Waals surface area (Å²) in [6, 6.07) is 4.89. The number of halogens is 1. The quantitative estimate of drug-likeness (QED) is 0.326. The van der Waals surface area contributed by atoms with Crippen molar-refractivity contribution in [3.8, 4) is 5.75 Å². The highest BCUT2D eigenvalue weighted by atomic mass is 19.1. The molecule has 3 N–H and O–H groups in total. The molecule has 0 aliphatic rings. The van der Waals surface area contributed by atoms with Crippen LogP contribution in [-0.4, -0.2) is 63.8 Å². The molecule has 0 radical (unpaired) electrons. The van der Waals surface area contributed by atoms with Gasteiger partial charge in [-0.1, -0.05) is 27.7 Å². The Balaban J connectivity index is 1.54. The Labute approximate surface area is 210 Å². The van der Waals surface area contributed by atoms with Gasteiger partial charge < -0.3 is 20.7 Å². The molecule has 0 spiro atoms. The second-order valence-corrected chi connectivity index (χ2v) is 9.52. The summed E-state index contributed by atoms with van der Waals surface area (Å²) in [7, 11) is 1.61. The number of benzene rings is 1. The van der Waals surface area contributed by atoms with Gasteiger partial charge in [0.2, 0.25) is 11.6 Å². The third-order valence-corrected chi connectivity index (χ3v) is 5.97. The zero-order chi connectivity index (χ0) is 26.4. The van der Waals surface area contributed by atoms with Crippen LogP contribution in [0.15, 0.2) is 18.2 Å². The molecule has 0 fully saturated rings. The van der Waals surface area contributed by atoms with Crippen LogP contribution in [0.1, 0.15) is 46.4 Å². The minimum absolute atomic E-state index is 0.165. The summed E-state index contributed by atoms with van der Waals surface area (Å²) < 4.78 is 21.3. The Morgan fingerprint density at radius 3 is 2.44 bits per heavy atom. The highest BCUT2D eigenvalue weighted by Crippen LogP contribution is 2.25. The molecule has 0 aliphatic heterocycles. The van der Waals surface area contributed by atoms with E-state index >= 15 is 0 Å². The number of aromatic nitrogens is 4. The highest BCUT2D eigenvalue weighted by Gasteiger charge is 2.29. The van der Waals surface area contributed by atoms with Gasteiger partial charge in [-0.3, -0.25) is 14.0 Å². The molecule has 3 rings (SSSR count). The molecule has 0 aliphatic carbocycles. The Hall–Kier alpha value is -3.50. The van der Waals surface area contributed by atoms with Crippen molar-refractivity contribution >= 4 is 34.3 Å². The van der Waals surface area contributed by atoms with Gasteiger partial charge in [0.25, 0.3) is 5.91 Å². The van der Waals surface area contributed by atoms with E-state index in [9.17, 15) is 14.0 Å². The van der Waals surface area contributed by atoms with Crippen LogP contribution in [0.5, 0.6) is 5.75 Å². The lowest BCUT2D eigenvalue weighted by Gasteiger charge is -2.23. The number of rotatable bonds is 12. The van der Waals surface area contributed by atoms with Crippen molar-refractivity contribution in [2.75, 3.05) is 25.5 Å². The van der Waals surface area contributed by atoms with Gasteiger partial charge in [0.15, 0.2) is 12.0 Å². The number of aryl methyl sites for hydroxylation is 1. The van der Waals surface area contributed by atoms with Crippen LogP contribution in [0, 0.1) is 18.8 Å². The fourth-order valence-corrected chi connectivity index (χ4v) is 3.85. The molecule has 36 heavy (non-hydrogen) atoms. The van der Waals surface area contributed by atoms with E-state index in [0.29, 0.717) is 36.7 Å². The second-order valence-electron chi connectivity index (χ2n) is 9.52. The van der Waals surface area contributed by atoms with Crippen LogP contribution in [0.25, 0.3) is 16.7 Å². The van der Waals surface area contributed by atoms with Gasteiger partial charge in [-0.05, 0) is 43.7 Å². The van der Waals surface area contributed by atoms with Crippen LogP contribution in [0.4, 0.5) is 10.2 Å². The number of hydrogen-bond donors (Lipinski definition) is 3. The predicted octanol–water partition coefficient (Wildman–Crippen LogP) is 3.04. The average molecular weight is 502 g/mol. The molecule has 0 saturated carbocycles. The summed E-state index contributed by atoms with van der Waals surface area (Å²) >= 11 is 0. The number of hydrogen-bond acceptors (Lipinski definition) is 7. The van der Waals surface area contributed by atoms with Gasteiger partial charge in [0.05, 0.1) is 18.1 Å². The van der Waals surface area contributed by atoms with Crippen molar-refractivity contribution < 1.29 is 18.7 Å². The molecule has 0 unspecified atom stereocenters. The van der Waals surface area contributed by atoms with Gasteiger partial charge in [0, 0.05) is 19.2 Å². The van der Waals surface area contributed by atoms with Crippen molar-refractivity contribution in [3.63, 3.8) is 0 Å². The van der Waals surface area contributed by atoms with E-state index in [-0.39, 0.29) is 11.8 Å². The lowest BCUT2D eigenvalue weighted by atomic mass is 10.0. The smallest absolute Gasteiger partial charge is 0.255 e. The number of carbonyl (C=O) groups excluding carboxylic acids is 2. The van der Waals surface area contributed by atoms with Crippen LogP contribution in [-0.2, 0) is 9.59 Å². The molecule has 2 heterocycles. The Morgan fingerprint density at radius 2 is 1.78 bits per heavy atom. The first-order chi connectivity index (χ1) is 17.1. The van der Waals surface area contributed by atoms with E-state index in [2.05, 4.69) is 26.1 Å². The number of anilines is 1. The number of unbranched alkanes of at least 4 members (excludes halogenated alkanes) is 1. The average Bonchev–Trinajstić information content (AvgIpc) is 3.24. The lowest BCUT2D eigenvalue weighted by molar-refractivity contribution is -0.133. The molecular formula is C25H36FN7O3. The van der Waals surface area contributed by atoms with Crippen molar-refractivity contribution in [2.24, 2.45) is 11.8 Å². The molecule has 2 amide bonds. The van der Waals surface area contributed by atoms with E-state index in [1.807, 2.05) is 43.4 Å². The molecule has 1 aromatic carbocycles. The molecule has 0 saturated heterocycles. The third kappa shape index (κ3) is 6.19. The van der Waals surface area contributed by atoms with Gasteiger partial charge in [0.1, 0.15) is 17.6 Å². The van der Waals surface area contributed by atoms with E-state index < -0.39 is 24.0 Å². The molecule has 0 bridgehead atoms. The highest BCUT2D eigenvalue weighted by molar-refractivity contribution is 5.89. The van der Waals surface area contributed by atoms with E-state index in [4.69, 9.17) is 9.72 Å². The minimum Gasteiger partial charge on any atom is -0.497 e. The van der Waals surface area contributed by atoms with Gasteiger partial charge in [-0.15, -0.1) is 10.2 Å². The lowest BCUT2D eigenvalue weighted by Crippen LogP contribution is -2.52. The minimum atomic E-state index is -1.64. The van der Waals surface area contributed by atoms with Crippen LogP contribution >= 0.6 is 0 Å². The first kappa shape index (κ1) is 27.1. The van der Waals surface area contributed by atoms with Gasteiger partial charge in [-0.2, -0.15) is 0 Å². The van der Waals surface area contributed by atoms with Crippen LogP contribution in [0.2, 0.25) is 0 Å². The largest absolute Gasteiger partial charge is 0.497 e. The molecule has 2 atom stereocenters. The predicted molar refractivity (Wildman–Crippen MR) is 137 cm³/mol. The number of alkyl halides is 1. The number of nitrogens with zero attached hydrogens (tertiary/aromatic N) is 4. The fraction of sp³-hybridized carbons (Fsp3) is 0.560. The van der Waals surface area contributed by atoms with E-state index in [1.54, 1.807) is 21.0 Å². The van der Waals surface area contributed by atoms with Crippen molar-refractivity contribution in [2.45, 2.75) is 59.7 Å². The molecule has 11 heteroatoms. The number of amides is 2. The summed E-state index contributed by atoms with van der Waals surface area (Å²) in [4.78, 5) is 29.4. The van der Waals surface area contributed by atoms with Crippen LogP contribution in [0.3, 0.4) is 0 Å². The monoisotopic (exact) mass is 501 g/mol. The summed E-state index contributed by atoms with van der Waals surface area (Å²) in [6.07, 6.45) is -0.176. The summed E-state index contributed by atoms with van der Waals surface area (Å²) in [5, 5.41) is 17.2. The molecule has 10 nitrogen and oxygen atoms in total. The zero-order valence-corrected chi connectivity index (χ0v) is 21.8. The Kier molecular flexibility index (Phi) is 9.00. The van der Waals surface area contributed by atoms with E-state index in [0.717, 1.165) is 23.3 Å². The molecule has 2 aromatic heterocycles. The fourth-order valence-electron chi connectivity index (χ4n) is 3.85. The first-order valence-corrected chi connectivity index (χ1v) is 12.3. The van der Waals surface area contributed by atoms with Crippen molar-refractivity contribution in [1.29, 1.82) is 0 Å². The molecule has 3 aromatic rings. The number of ether oxygens (including phenoxy) is 1. The number of fused-ring (bicyclic) bond motifs is 3. The number of nitrogens with one attached hydrogen (secondary N) is 3. The first-order valence-electron chi connectivity index (χ1n) is 12.3. The SMILES string of the molecule is COc1ccc2c(c1)nc(NCCCCNC(=O)[C@@H](NC(=O)[C@@H](F)C(C)C)C(C)C)c1nnc(C)n12. The maximum Gasteiger partial charge on any atom is 0.255 e. The Morgan fingerprint density at radius 1 is 1.06 bits per heavy atom. The van der Waals surface area contributed by atoms with Gasteiger partial charge >= 0.3 is 0 Å². The van der Waals surface area contributed by atoms with Crippen molar-refractivity contribution in [3.05, 3.63) is 24.0 Å². The van der Waals surface area contributed by atoms with E-state index in [1.165, 1.54) is 0 Å². The molecular weight excluding hydrogens is 465 g/mol. The standard InChI is InChI=1S/C25H36FN7O3/c1-14(2)20(26)24(34)30-21(15(3)4)25(35)28-12-8-7-11-27-22-23-32-31-16(5)33(23)19-10-9-17(36-6)13-18(19)29-22/h9-10,13-15,20-21H,7-8,11-12H2,1-6H3,(H,27,29)(H,28,35)(H,30,34)/t20-,21-/m0/s1. The number of carbonyl (C=O) groups is 2. The normalized spacial score (nSPS) is 13.2. The van der Waals surface area contributed by atoms with Crippen molar-refractivity contribution in [1.82, 2.24) is 30.2 Å². The second kappa shape index (κ2) is 12.0. The van der Waals surface area contributed by atoms with Crippen LogP contribution < -0.4 is 20.7 Å². The van der Waals surface area contributed by atoms with Gasteiger partial charge in [-0.25, -0.2) is 9.37 Å².